The van der Waals surface area contributed by atoms with E-state index in [2.05, 4.69) is 20.6 Å². The zero-order valence-corrected chi connectivity index (χ0v) is 12.5. The van der Waals surface area contributed by atoms with Gasteiger partial charge < -0.3 is 10.6 Å². The first-order valence-electron chi connectivity index (χ1n) is 7.63. The fourth-order valence-corrected chi connectivity index (χ4v) is 2.70. The zero-order chi connectivity index (χ0) is 16.2. The molecule has 0 radical (unpaired) electrons. The summed E-state index contributed by atoms with van der Waals surface area (Å²) in [6, 6.07) is 4.05. The molecule has 0 aliphatic heterocycles. The lowest BCUT2D eigenvalue weighted by Gasteiger charge is -2.23. The molecule has 23 heavy (non-hydrogen) atoms. The minimum Gasteiger partial charge on any atom is -0.367 e. The Morgan fingerprint density at radius 3 is 2.52 bits per heavy atom. The fraction of sp³-hybridized carbons (Fsp3) is 0.375. The van der Waals surface area contributed by atoms with Gasteiger partial charge in [0.25, 0.3) is 0 Å². The molecule has 2 N–H and O–H groups in total. The van der Waals surface area contributed by atoms with E-state index in [-0.39, 0.29) is 11.6 Å². The van der Waals surface area contributed by atoms with E-state index in [1.807, 2.05) is 0 Å². The van der Waals surface area contributed by atoms with Gasteiger partial charge in [-0.05, 0) is 31.0 Å². The van der Waals surface area contributed by atoms with Crippen LogP contribution in [0, 0.1) is 17.5 Å². The summed E-state index contributed by atoms with van der Waals surface area (Å²) < 4.78 is 39.9. The molecule has 1 heterocycles. The van der Waals surface area contributed by atoms with Crippen molar-refractivity contribution in [2.75, 3.05) is 10.6 Å². The average molecular weight is 322 g/mol. The van der Waals surface area contributed by atoms with E-state index in [1.165, 1.54) is 25.5 Å². The van der Waals surface area contributed by atoms with Gasteiger partial charge in [-0.25, -0.2) is 18.2 Å². The Morgan fingerprint density at radius 1 is 0.957 bits per heavy atom. The molecule has 2 aromatic rings. The van der Waals surface area contributed by atoms with Crippen molar-refractivity contribution in [2.24, 2.45) is 0 Å². The summed E-state index contributed by atoms with van der Waals surface area (Å²) in [4.78, 5) is 8.22. The molecule has 0 atom stereocenters. The lowest BCUT2D eigenvalue weighted by atomic mass is 9.95. The summed E-state index contributed by atoms with van der Waals surface area (Å²) in [6.45, 7) is 0. The third kappa shape index (κ3) is 3.72. The molecule has 1 aromatic carbocycles. The minimum absolute atomic E-state index is 0.121. The molecule has 0 bridgehead atoms. The van der Waals surface area contributed by atoms with Crippen LogP contribution in [0.4, 0.5) is 30.6 Å². The summed E-state index contributed by atoms with van der Waals surface area (Å²) in [5.41, 5.74) is -0.210. The van der Waals surface area contributed by atoms with Crippen molar-refractivity contribution in [1.29, 1.82) is 0 Å². The fourth-order valence-electron chi connectivity index (χ4n) is 2.70. The average Bonchev–Trinajstić information content (AvgIpc) is 2.57. The van der Waals surface area contributed by atoms with Crippen LogP contribution < -0.4 is 10.6 Å². The first kappa shape index (κ1) is 15.6. The molecule has 3 rings (SSSR count). The maximum absolute atomic E-state index is 13.7. The van der Waals surface area contributed by atoms with Crippen LogP contribution in [0.2, 0.25) is 0 Å². The van der Waals surface area contributed by atoms with Crippen LogP contribution in [0.3, 0.4) is 0 Å². The van der Waals surface area contributed by atoms with Crippen molar-refractivity contribution in [3.8, 4) is 0 Å². The van der Waals surface area contributed by atoms with Gasteiger partial charge in [-0.1, -0.05) is 19.3 Å². The quantitative estimate of drug-likeness (QED) is 0.820. The number of hydrogen-bond acceptors (Lipinski definition) is 4. The molecule has 7 heteroatoms. The van der Waals surface area contributed by atoms with Gasteiger partial charge in [0.1, 0.15) is 5.82 Å². The van der Waals surface area contributed by atoms with Gasteiger partial charge in [0.2, 0.25) is 5.95 Å². The third-order valence-corrected chi connectivity index (χ3v) is 3.89. The molecule has 1 aliphatic rings. The topological polar surface area (TPSA) is 49.8 Å². The highest BCUT2D eigenvalue weighted by Gasteiger charge is 2.16. The second-order valence-corrected chi connectivity index (χ2v) is 5.59. The first-order chi connectivity index (χ1) is 11.1. The summed E-state index contributed by atoms with van der Waals surface area (Å²) in [5, 5.41) is 5.90. The minimum atomic E-state index is -1.52. The van der Waals surface area contributed by atoms with E-state index < -0.39 is 17.5 Å². The molecular weight excluding hydrogens is 305 g/mol. The lowest BCUT2D eigenvalue weighted by Crippen LogP contribution is -2.23. The third-order valence-electron chi connectivity index (χ3n) is 3.89. The number of nitrogens with one attached hydrogen (secondary N) is 2. The SMILES string of the molecule is Fc1ccc(Nc2nccc(NC3CCCCC3)n2)c(F)c1F. The maximum atomic E-state index is 13.7. The van der Waals surface area contributed by atoms with Crippen molar-refractivity contribution < 1.29 is 13.2 Å². The van der Waals surface area contributed by atoms with E-state index >= 15 is 0 Å². The summed E-state index contributed by atoms with van der Waals surface area (Å²) in [5.74, 6) is -3.31. The van der Waals surface area contributed by atoms with Gasteiger partial charge in [-0.3, -0.25) is 0 Å². The second-order valence-electron chi connectivity index (χ2n) is 5.59. The Kier molecular flexibility index (Phi) is 4.64. The monoisotopic (exact) mass is 322 g/mol. The van der Waals surface area contributed by atoms with Crippen LogP contribution in [0.15, 0.2) is 24.4 Å². The number of aromatic nitrogens is 2. The molecule has 4 nitrogen and oxygen atoms in total. The number of rotatable bonds is 4. The van der Waals surface area contributed by atoms with Crippen LogP contribution in [0.5, 0.6) is 0 Å². The number of anilines is 3. The predicted octanol–water partition coefficient (Wildman–Crippen LogP) is 4.38. The smallest absolute Gasteiger partial charge is 0.229 e. The van der Waals surface area contributed by atoms with Crippen molar-refractivity contribution in [1.82, 2.24) is 9.97 Å². The largest absolute Gasteiger partial charge is 0.367 e. The zero-order valence-electron chi connectivity index (χ0n) is 12.5. The second kappa shape index (κ2) is 6.85. The Hall–Kier alpha value is -2.31. The Morgan fingerprint density at radius 2 is 1.74 bits per heavy atom. The summed E-state index contributed by atoms with van der Waals surface area (Å²) in [7, 11) is 0. The van der Waals surface area contributed by atoms with Gasteiger partial charge in [0.15, 0.2) is 17.5 Å². The Balaban J connectivity index is 1.73. The van der Waals surface area contributed by atoms with E-state index in [0.29, 0.717) is 11.9 Å². The Bertz CT molecular complexity index is 687. The van der Waals surface area contributed by atoms with Crippen molar-refractivity contribution in [3.63, 3.8) is 0 Å². The number of halogens is 3. The molecule has 0 amide bonds. The molecule has 1 fully saturated rings. The Labute approximate surface area is 132 Å². The maximum Gasteiger partial charge on any atom is 0.229 e. The van der Waals surface area contributed by atoms with E-state index in [0.717, 1.165) is 25.0 Å². The molecule has 0 spiro atoms. The first-order valence-corrected chi connectivity index (χ1v) is 7.63. The molecule has 1 aliphatic carbocycles. The van der Waals surface area contributed by atoms with E-state index in [9.17, 15) is 13.2 Å². The molecule has 1 aromatic heterocycles. The van der Waals surface area contributed by atoms with E-state index in [1.54, 1.807) is 6.07 Å². The predicted molar refractivity (Wildman–Crippen MR) is 82.1 cm³/mol. The normalized spacial score (nSPS) is 15.4. The number of nitrogens with zero attached hydrogens (tertiary/aromatic N) is 2. The molecule has 0 unspecified atom stereocenters. The van der Waals surface area contributed by atoms with Gasteiger partial charge in [-0.2, -0.15) is 4.98 Å². The van der Waals surface area contributed by atoms with Gasteiger partial charge in [-0.15, -0.1) is 0 Å². The molecule has 122 valence electrons. The molecular formula is C16H17F3N4. The molecule has 1 saturated carbocycles. The van der Waals surface area contributed by atoms with Gasteiger partial charge in [0.05, 0.1) is 5.69 Å². The molecule has 0 saturated heterocycles. The van der Waals surface area contributed by atoms with Crippen molar-refractivity contribution in [2.45, 2.75) is 38.1 Å². The highest BCUT2D eigenvalue weighted by Crippen LogP contribution is 2.24. The number of benzene rings is 1. The van der Waals surface area contributed by atoms with Crippen LogP contribution in [0.25, 0.3) is 0 Å². The standard InChI is InChI=1S/C16H17F3N4/c17-11-6-7-12(15(19)14(11)18)22-16-20-9-8-13(23-16)21-10-4-2-1-3-5-10/h6-10H,1-5H2,(H2,20,21,22,23). The highest BCUT2D eigenvalue weighted by atomic mass is 19.2. The van der Waals surface area contributed by atoms with Crippen molar-refractivity contribution in [3.05, 3.63) is 41.8 Å². The van der Waals surface area contributed by atoms with Crippen molar-refractivity contribution >= 4 is 17.5 Å². The van der Waals surface area contributed by atoms with E-state index in [4.69, 9.17) is 0 Å². The highest BCUT2D eigenvalue weighted by molar-refractivity contribution is 5.55. The van der Waals surface area contributed by atoms with Gasteiger partial charge >= 0.3 is 0 Å². The van der Waals surface area contributed by atoms with Crippen LogP contribution in [-0.4, -0.2) is 16.0 Å². The van der Waals surface area contributed by atoms with Gasteiger partial charge in [0, 0.05) is 12.2 Å². The van der Waals surface area contributed by atoms with Crippen LogP contribution in [0.1, 0.15) is 32.1 Å². The number of hydrogen-bond donors (Lipinski definition) is 2. The summed E-state index contributed by atoms with van der Waals surface area (Å²) >= 11 is 0. The lowest BCUT2D eigenvalue weighted by molar-refractivity contribution is 0.449. The van der Waals surface area contributed by atoms with Crippen LogP contribution in [-0.2, 0) is 0 Å². The van der Waals surface area contributed by atoms with Crippen LogP contribution >= 0.6 is 0 Å². The summed E-state index contributed by atoms with van der Waals surface area (Å²) in [6.07, 6.45) is 7.33.